The Morgan fingerprint density at radius 3 is 2.61 bits per heavy atom. The number of rotatable bonds is 6. The van der Waals surface area contributed by atoms with E-state index in [1.54, 1.807) is 0 Å². The average Bonchev–Trinajstić information content (AvgIpc) is 2.28. The quantitative estimate of drug-likeness (QED) is 0.846. The molecule has 0 saturated heterocycles. The van der Waals surface area contributed by atoms with Gasteiger partial charge in [0.05, 0.1) is 0 Å². The van der Waals surface area contributed by atoms with Gasteiger partial charge in [-0.3, -0.25) is 4.79 Å². The van der Waals surface area contributed by atoms with E-state index < -0.39 is 12.0 Å². The first kappa shape index (κ1) is 15.2. The lowest BCUT2D eigenvalue weighted by molar-refractivity contribution is -0.140. The Morgan fingerprint density at radius 2 is 2.11 bits per heavy atom. The van der Waals surface area contributed by atoms with Crippen LogP contribution >= 0.6 is 15.9 Å². The van der Waals surface area contributed by atoms with Crippen LogP contribution in [0.4, 0.5) is 0 Å². The first-order valence-electron chi connectivity index (χ1n) is 6.11. The number of aryl methyl sites for hydroxylation is 1. The molecule has 2 N–H and O–H groups in total. The van der Waals surface area contributed by atoms with Crippen molar-refractivity contribution in [3.05, 3.63) is 33.8 Å². The number of hydrogen-bond donors (Lipinski definition) is 2. The zero-order valence-electron chi connectivity index (χ0n) is 11.0. The minimum Gasteiger partial charge on any atom is -0.480 e. The standard InChI is InChI=1S/C14H20BrNO2/c1-9(2)6-13(14(17)18)16-8-11-5-4-10(3)12(15)7-11/h4-5,7,9,13,16H,6,8H2,1-3H3,(H,17,18). The van der Waals surface area contributed by atoms with Gasteiger partial charge in [0.2, 0.25) is 0 Å². The zero-order chi connectivity index (χ0) is 13.7. The molecule has 0 radical (unpaired) electrons. The monoisotopic (exact) mass is 313 g/mol. The average molecular weight is 314 g/mol. The minimum absolute atomic E-state index is 0.364. The third-order valence-corrected chi connectivity index (χ3v) is 3.65. The Hall–Kier alpha value is -0.870. The molecule has 0 spiro atoms. The van der Waals surface area contributed by atoms with E-state index in [0.29, 0.717) is 18.9 Å². The molecule has 100 valence electrons. The molecule has 1 unspecified atom stereocenters. The topological polar surface area (TPSA) is 49.3 Å². The molecule has 0 saturated carbocycles. The fourth-order valence-corrected chi connectivity index (χ4v) is 2.16. The molecule has 0 aliphatic rings. The Balaban J connectivity index is 2.61. The molecule has 18 heavy (non-hydrogen) atoms. The van der Waals surface area contributed by atoms with E-state index in [4.69, 9.17) is 5.11 Å². The molecule has 0 heterocycles. The van der Waals surface area contributed by atoms with Crippen LogP contribution < -0.4 is 5.32 Å². The van der Waals surface area contributed by atoms with Gasteiger partial charge < -0.3 is 10.4 Å². The van der Waals surface area contributed by atoms with Crippen molar-refractivity contribution in [3.63, 3.8) is 0 Å². The van der Waals surface area contributed by atoms with Crippen molar-refractivity contribution in [2.24, 2.45) is 5.92 Å². The van der Waals surface area contributed by atoms with Crippen molar-refractivity contribution in [2.75, 3.05) is 0 Å². The normalized spacial score (nSPS) is 12.7. The van der Waals surface area contributed by atoms with Crippen LogP contribution in [0.3, 0.4) is 0 Å². The summed E-state index contributed by atoms with van der Waals surface area (Å²) in [5.74, 6) is -0.418. The van der Waals surface area contributed by atoms with Crippen LogP contribution in [0.15, 0.2) is 22.7 Å². The second-order valence-corrected chi connectivity index (χ2v) is 5.84. The Kier molecular flexibility index (Phi) is 5.82. The molecule has 0 aliphatic carbocycles. The number of halogens is 1. The number of carbonyl (C=O) groups is 1. The molecule has 3 nitrogen and oxygen atoms in total. The number of nitrogens with one attached hydrogen (secondary N) is 1. The van der Waals surface area contributed by atoms with Crippen LogP contribution in [0.2, 0.25) is 0 Å². The summed E-state index contributed by atoms with van der Waals surface area (Å²) in [6.45, 7) is 6.66. The van der Waals surface area contributed by atoms with Crippen molar-refractivity contribution in [3.8, 4) is 0 Å². The van der Waals surface area contributed by atoms with E-state index in [1.165, 1.54) is 5.56 Å². The summed E-state index contributed by atoms with van der Waals surface area (Å²) in [6, 6.07) is 5.59. The van der Waals surface area contributed by atoms with E-state index in [9.17, 15) is 4.79 Å². The highest BCUT2D eigenvalue weighted by molar-refractivity contribution is 9.10. The van der Waals surface area contributed by atoms with Crippen molar-refractivity contribution >= 4 is 21.9 Å². The number of aliphatic carboxylic acids is 1. The number of carboxylic acids is 1. The summed E-state index contributed by atoms with van der Waals surface area (Å²) in [5, 5.41) is 12.2. The Bertz CT molecular complexity index is 418. The van der Waals surface area contributed by atoms with Gasteiger partial charge in [-0.05, 0) is 36.5 Å². The van der Waals surface area contributed by atoms with Gasteiger partial charge in [0, 0.05) is 11.0 Å². The lowest BCUT2D eigenvalue weighted by atomic mass is 10.0. The Labute approximate surface area is 117 Å². The highest BCUT2D eigenvalue weighted by atomic mass is 79.9. The minimum atomic E-state index is -0.783. The summed E-state index contributed by atoms with van der Waals surface area (Å²) >= 11 is 3.48. The number of hydrogen-bond acceptors (Lipinski definition) is 2. The molecular weight excluding hydrogens is 294 g/mol. The molecule has 1 aromatic carbocycles. The van der Waals surface area contributed by atoms with Gasteiger partial charge in [-0.25, -0.2) is 0 Å². The molecule has 0 aliphatic heterocycles. The van der Waals surface area contributed by atoms with Gasteiger partial charge in [-0.1, -0.05) is 41.9 Å². The molecule has 0 fully saturated rings. The van der Waals surface area contributed by atoms with E-state index in [0.717, 1.165) is 10.0 Å². The smallest absolute Gasteiger partial charge is 0.320 e. The molecule has 0 bridgehead atoms. The second-order valence-electron chi connectivity index (χ2n) is 4.98. The van der Waals surface area contributed by atoms with Crippen LogP contribution in [0.1, 0.15) is 31.4 Å². The van der Waals surface area contributed by atoms with E-state index in [2.05, 4.69) is 21.2 Å². The maximum atomic E-state index is 11.1. The maximum Gasteiger partial charge on any atom is 0.320 e. The number of benzene rings is 1. The molecule has 1 rings (SSSR count). The molecule has 4 heteroatoms. The first-order chi connectivity index (χ1) is 8.40. The maximum absolute atomic E-state index is 11.1. The van der Waals surface area contributed by atoms with Crippen molar-refractivity contribution < 1.29 is 9.90 Å². The zero-order valence-corrected chi connectivity index (χ0v) is 12.6. The summed E-state index contributed by atoms with van der Waals surface area (Å²) in [6.07, 6.45) is 0.641. The summed E-state index contributed by atoms with van der Waals surface area (Å²) in [5.41, 5.74) is 2.26. The highest BCUT2D eigenvalue weighted by Gasteiger charge is 2.17. The fourth-order valence-electron chi connectivity index (χ4n) is 1.73. The molecule has 0 amide bonds. The summed E-state index contributed by atoms with van der Waals surface area (Å²) in [7, 11) is 0. The predicted molar refractivity (Wildman–Crippen MR) is 76.6 cm³/mol. The molecule has 1 aromatic rings. The van der Waals surface area contributed by atoms with Crippen molar-refractivity contribution in [1.29, 1.82) is 0 Å². The fraction of sp³-hybridized carbons (Fsp3) is 0.500. The van der Waals surface area contributed by atoms with Crippen LogP contribution in [0, 0.1) is 12.8 Å². The van der Waals surface area contributed by atoms with Crippen molar-refractivity contribution in [2.45, 2.75) is 39.8 Å². The summed E-state index contributed by atoms with van der Waals surface area (Å²) in [4.78, 5) is 11.1. The third-order valence-electron chi connectivity index (χ3n) is 2.79. The van der Waals surface area contributed by atoms with Crippen LogP contribution in [-0.4, -0.2) is 17.1 Å². The van der Waals surface area contributed by atoms with Gasteiger partial charge in [0.25, 0.3) is 0 Å². The van der Waals surface area contributed by atoms with E-state index >= 15 is 0 Å². The first-order valence-corrected chi connectivity index (χ1v) is 6.90. The van der Waals surface area contributed by atoms with Gasteiger partial charge in [0.15, 0.2) is 0 Å². The lowest BCUT2D eigenvalue weighted by Gasteiger charge is -2.16. The van der Waals surface area contributed by atoms with Gasteiger partial charge in [0.1, 0.15) is 6.04 Å². The third kappa shape index (κ3) is 4.78. The lowest BCUT2D eigenvalue weighted by Crippen LogP contribution is -2.37. The van der Waals surface area contributed by atoms with E-state index in [1.807, 2.05) is 39.0 Å². The van der Waals surface area contributed by atoms with Crippen LogP contribution in [-0.2, 0) is 11.3 Å². The van der Waals surface area contributed by atoms with E-state index in [-0.39, 0.29) is 0 Å². The second kappa shape index (κ2) is 6.90. The molecule has 0 aromatic heterocycles. The van der Waals surface area contributed by atoms with Crippen molar-refractivity contribution in [1.82, 2.24) is 5.32 Å². The van der Waals surface area contributed by atoms with Gasteiger partial charge >= 0.3 is 5.97 Å². The predicted octanol–water partition coefficient (Wildman–Crippen LogP) is 3.35. The highest BCUT2D eigenvalue weighted by Crippen LogP contribution is 2.17. The van der Waals surface area contributed by atoms with Gasteiger partial charge in [-0.2, -0.15) is 0 Å². The molecular formula is C14H20BrNO2. The Morgan fingerprint density at radius 1 is 1.44 bits per heavy atom. The molecule has 1 atom stereocenters. The van der Waals surface area contributed by atoms with Crippen LogP contribution in [0.5, 0.6) is 0 Å². The van der Waals surface area contributed by atoms with Gasteiger partial charge in [-0.15, -0.1) is 0 Å². The van der Waals surface area contributed by atoms with Crippen LogP contribution in [0.25, 0.3) is 0 Å². The number of carboxylic acid groups (broad SMARTS) is 1. The summed E-state index contributed by atoms with van der Waals surface area (Å²) < 4.78 is 1.05. The largest absolute Gasteiger partial charge is 0.480 e. The SMILES string of the molecule is Cc1ccc(CNC(CC(C)C)C(=O)O)cc1Br.